The van der Waals surface area contributed by atoms with E-state index >= 15 is 0 Å². The average Bonchev–Trinajstić information content (AvgIpc) is 3.07. The van der Waals surface area contributed by atoms with Gasteiger partial charge in [0, 0.05) is 25.0 Å². The van der Waals surface area contributed by atoms with Crippen molar-refractivity contribution in [1.29, 1.82) is 0 Å². The van der Waals surface area contributed by atoms with Crippen molar-refractivity contribution in [2.75, 3.05) is 13.2 Å². The number of aromatic nitrogens is 2. The van der Waals surface area contributed by atoms with Crippen LogP contribution in [-0.2, 0) is 16.1 Å². The van der Waals surface area contributed by atoms with Crippen LogP contribution in [0.15, 0.2) is 29.1 Å². The van der Waals surface area contributed by atoms with E-state index in [1.807, 2.05) is 13.8 Å². The minimum absolute atomic E-state index is 0.0355. The number of hydrogen-bond acceptors (Lipinski definition) is 5. The minimum atomic E-state index is -1.47. The Kier molecular flexibility index (Phi) is 4.78. The van der Waals surface area contributed by atoms with E-state index in [-0.39, 0.29) is 36.8 Å². The Balaban J connectivity index is 2.08. The summed E-state index contributed by atoms with van der Waals surface area (Å²) in [6, 6.07) is 6.70. The van der Waals surface area contributed by atoms with Crippen LogP contribution in [0.4, 0.5) is 0 Å². The third-order valence-electron chi connectivity index (χ3n) is 4.40. The summed E-state index contributed by atoms with van der Waals surface area (Å²) in [5, 5.41) is 17.1. The maximum absolute atomic E-state index is 12.9. The fraction of sp³-hybridized carbons (Fsp3) is 0.444. The first-order valence-corrected chi connectivity index (χ1v) is 8.47. The summed E-state index contributed by atoms with van der Waals surface area (Å²) in [5.74, 6) is -1.62. The van der Waals surface area contributed by atoms with Crippen LogP contribution in [0.1, 0.15) is 30.8 Å². The Morgan fingerprint density at radius 3 is 2.62 bits per heavy atom. The first-order chi connectivity index (χ1) is 12.3. The van der Waals surface area contributed by atoms with Gasteiger partial charge in [0.1, 0.15) is 0 Å². The Morgan fingerprint density at radius 1 is 1.35 bits per heavy atom. The second-order valence-electron chi connectivity index (χ2n) is 6.92. The number of carbonyl (C=O) groups is 2. The minimum Gasteiger partial charge on any atom is -0.479 e. The Morgan fingerprint density at radius 2 is 2.04 bits per heavy atom. The van der Waals surface area contributed by atoms with Crippen LogP contribution < -0.4 is 10.9 Å². The van der Waals surface area contributed by atoms with Crippen molar-refractivity contribution in [3.05, 3.63) is 40.3 Å². The molecule has 0 aliphatic carbocycles. The molecular formula is C18H21N3O5. The van der Waals surface area contributed by atoms with E-state index in [0.29, 0.717) is 17.3 Å². The molecule has 2 N–H and O–H groups in total. The molecule has 1 fully saturated rings. The third kappa shape index (κ3) is 3.20. The molecular weight excluding hydrogens is 338 g/mol. The molecule has 138 valence electrons. The average molecular weight is 359 g/mol. The van der Waals surface area contributed by atoms with Crippen LogP contribution in [0.2, 0.25) is 0 Å². The van der Waals surface area contributed by atoms with Gasteiger partial charge in [-0.15, -0.1) is 0 Å². The van der Waals surface area contributed by atoms with Crippen molar-refractivity contribution in [3.63, 3.8) is 0 Å². The molecule has 1 aromatic heterocycles. The highest BCUT2D eigenvalue weighted by Gasteiger charge is 2.44. The van der Waals surface area contributed by atoms with Crippen LogP contribution in [0.25, 0.3) is 10.8 Å². The number of carbonyl (C=O) groups excluding carboxylic acids is 1. The summed E-state index contributed by atoms with van der Waals surface area (Å²) in [7, 11) is 0. The van der Waals surface area contributed by atoms with E-state index in [0.717, 1.165) is 0 Å². The molecule has 1 aliphatic rings. The molecule has 1 saturated heterocycles. The number of hydrogen-bond donors (Lipinski definition) is 2. The second kappa shape index (κ2) is 6.87. The highest BCUT2D eigenvalue weighted by molar-refractivity contribution is 6.06. The molecule has 1 atom stereocenters. The van der Waals surface area contributed by atoms with E-state index in [2.05, 4.69) is 10.4 Å². The fourth-order valence-corrected chi connectivity index (χ4v) is 3.03. The molecule has 26 heavy (non-hydrogen) atoms. The smallest absolute Gasteiger partial charge is 0.331 e. The summed E-state index contributed by atoms with van der Waals surface area (Å²) >= 11 is 0. The standard InChI is InChI=1S/C18H21N3O5/c1-11(2)9-21-16(23)13-6-4-3-5-12(13)14(20-21)15(22)19-18(17(24)25)7-8-26-10-18/h3-6,11H,7-10H2,1-2H3,(H,19,22)(H,24,25). The van der Waals surface area contributed by atoms with E-state index in [1.54, 1.807) is 24.3 Å². The molecule has 0 saturated carbocycles. The Hall–Kier alpha value is -2.74. The van der Waals surface area contributed by atoms with E-state index in [4.69, 9.17) is 4.74 Å². The fourth-order valence-electron chi connectivity index (χ4n) is 3.03. The van der Waals surface area contributed by atoms with E-state index < -0.39 is 17.4 Å². The van der Waals surface area contributed by atoms with E-state index in [1.165, 1.54) is 4.68 Å². The molecule has 3 rings (SSSR count). The van der Waals surface area contributed by atoms with Gasteiger partial charge in [0.05, 0.1) is 12.0 Å². The molecule has 0 radical (unpaired) electrons. The molecule has 2 heterocycles. The summed E-state index contributed by atoms with van der Waals surface area (Å²) in [6.45, 7) is 4.40. The lowest BCUT2D eigenvalue weighted by atomic mass is 9.98. The molecule has 2 aromatic rings. The van der Waals surface area contributed by atoms with Gasteiger partial charge in [0.15, 0.2) is 11.2 Å². The molecule has 0 bridgehead atoms. The molecule has 0 spiro atoms. The topological polar surface area (TPSA) is 111 Å². The zero-order chi connectivity index (χ0) is 18.9. The summed E-state index contributed by atoms with van der Waals surface area (Å²) in [6.07, 6.45) is 0.178. The second-order valence-corrected chi connectivity index (χ2v) is 6.92. The number of nitrogens with zero attached hydrogens (tertiary/aromatic N) is 2. The quantitative estimate of drug-likeness (QED) is 0.825. The number of rotatable bonds is 5. The number of amides is 1. The Labute approximate surface area is 149 Å². The van der Waals surface area contributed by atoms with Crippen molar-refractivity contribution in [1.82, 2.24) is 15.1 Å². The van der Waals surface area contributed by atoms with Crippen molar-refractivity contribution in [3.8, 4) is 0 Å². The number of nitrogens with one attached hydrogen (secondary N) is 1. The van der Waals surface area contributed by atoms with Crippen LogP contribution in [0.5, 0.6) is 0 Å². The Bertz CT molecular complexity index is 913. The molecule has 1 amide bonds. The largest absolute Gasteiger partial charge is 0.479 e. The van der Waals surface area contributed by atoms with Gasteiger partial charge in [0.2, 0.25) is 0 Å². The van der Waals surface area contributed by atoms with Gasteiger partial charge in [-0.2, -0.15) is 5.10 Å². The van der Waals surface area contributed by atoms with Gasteiger partial charge < -0.3 is 15.2 Å². The highest BCUT2D eigenvalue weighted by atomic mass is 16.5. The predicted octanol–water partition coefficient (Wildman–Crippen LogP) is 1.03. The SMILES string of the molecule is CC(C)Cn1nc(C(=O)NC2(C(=O)O)CCOC2)c2ccccc2c1=O. The number of benzene rings is 1. The number of carboxylic acids is 1. The number of ether oxygens (including phenoxy) is 1. The number of fused-ring (bicyclic) bond motifs is 1. The van der Waals surface area contributed by atoms with Crippen molar-refractivity contribution >= 4 is 22.6 Å². The molecule has 8 nitrogen and oxygen atoms in total. The van der Waals surface area contributed by atoms with Crippen LogP contribution in [-0.4, -0.2) is 45.5 Å². The van der Waals surface area contributed by atoms with Gasteiger partial charge in [-0.05, 0) is 12.0 Å². The maximum Gasteiger partial charge on any atom is 0.331 e. The van der Waals surface area contributed by atoms with Crippen LogP contribution in [0, 0.1) is 5.92 Å². The molecule has 1 aliphatic heterocycles. The van der Waals surface area contributed by atoms with Crippen molar-refractivity contribution in [2.45, 2.75) is 32.4 Å². The normalized spacial score (nSPS) is 19.8. The maximum atomic E-state index is 12.9. The van der Waals surface area contributed by atoms with Gasteiger partial charge in [0.25, 0.3) is 11.5 Å². The van der Waals surface area contributed by atoms with Crippen LogP contribution >= 0.6 is 0 Å². The monoisotopic (exact) mass is 359 g/mol. The summed E-state index contributed by atoms with van der Waals surface area (Å²) in [4.78, 5) is 37.1. The van der Waals surface area contributed by atoms with Crippen molar-refractivity contribution < 1.29 is 19.4 Å². The van der Waals surface area contributed by atoms with Gasteiger partial charge in [-0.25, -0.2) is 9.48 Å². The summed E-state index contributed by atoms with van der Waals surface area (Å²) < 4.78 is 6.43. The predicted molar refractivity (Wildman–Crippen MR) is 94.1 cm³/mol. The lowest BCUT2D eigenvalue weighted by Gasteiger charge is -2.24. The zero-order valence-electron chi connectivity index (χ0n) is 14.7. The lowest BCUT2D eigenvalue weighted by Crippen LogP contribution is -2.55. The van der Waals surface area contributed by atoms with Gasteiger partial charge >= 0.3 is 5.97 Å². The molecule has 1 unspecified atom stereocenters. The summed E-state index contributed by atoms with van der Waals surface area (Å²) in [5.41, 5.74) is -1.71. The number of carboxylic acid groups (broad SMARTS) is 1. The van der Waals surface area contributed by atoms with Gasteiger partial charge in [-0.3, -0.25) is 9.59 Å². The highest BCUT2D eigenvalue weighted by Crippen LogP contribution is 2.21. The first-order valence-electron chi connectivity index (χ1n) is 8.47. The first kappa shape index (κ1) is 18.1. The third-order valence-corrected chi connectivity index (χ3v) is 4.40. The van der Waals surface area contributed by atoms with Gasteiger partial charge in [-0.1, -0.05) is 32.0 Å². The molecule has 1 aromatic carbocycles. The van der Waals surface area contributed by atoms with E-state index in [9.17, 15) is 19.5 Å². The van der Waals surface area contributed by atoms with Crippen LogP contribution in [0.3, 0.4) is 0 Å². The lowest BCUT2D eigenvalue weighted by molar-refractivity contribution is -0.144. The molecule has 8 heteroatoms. The van der Waals surface area contributed by atoms with Crippen molar-refractivity contribution in [2.24, 2.45) is 5.92 Å². The zero-order valence-corrected chi connectivity index (χ0v) is 14.7. The number of aliphatic carboxylic acids is 1.